The molecule has 1 heterocycles. The predicted molar refractivity (Wildman–Crippen MR) is 118 cm³/mol. The van der Waals surface area contributed by atoms with E-state index in [9.17, 15) is 13.2 Å². The Balaban J connectivity index is 1.47. The Morgan fingerprint density at radius 3 is 2.57 bits per heavy atom. The number of hydrogen-bond acceptors (Lipinski definition) is 7. The van der Waals surface area contributed by atoms with Crippen LogP contribution in [0.15, 0.2) is 59.6 Å². The molecule has 0 spiro atoms. The number of halogens is 1. The molecule has 0 saturated carbocycles. The normalized spacial score (nSPS) is 11.3. The highest BCUT2D eigenvalue weighted by Gasteiger charge is 2.16. The monoisotopic (exact) mass is 465 g/mol. The molecule has 3 rings (SSSR count). The molecular formula is C20H20ClN3O4S2. The number of aromatic nitrogens is 1. The third-order valence-electron chi connectivity index (χ3n) is 4.14. The lowest BCUT2D eigenvalue weighted by Gasteiger charge is -2.08. The number of anilines is 1. The van der Waals surface area contributed by atoms with Crippen LogP contribution in [0.3, 0.4) is 0 Å². The smallest absolute Gasteiger partial charge is 0.240 e. The number of rotatable bonds is 10. The van der Waals surface area contributed by atoms with Gasteiger partial charge in [0, 0.05) is 18.7 Å². The first-order chi connectivity index (χ1) is 14.4. The Hall–Kier alpha value is -2.46. The summed E-state index contributed by atoms with van der Waals surface area (Å²) in [6, 6.07) is 13.0. The highest BCUT2D eigenvalue weighted by molar-refractivity contribution is 7.89. The van der Waals surface area contributed by atoms with E-state index in [0.717, 1.165) is 0 Å². The summed E-state index contributed by atoms with van der Waals surface area (Å²) in [7, 11) is -2.06. The van der Waals surface area contributed by atoms with Crippen molar-refractivity contribution < 1.29 is 17.9 Å². The van der Waals surface area contributed by atoms with Gasteiger partial charge in [0.1, 0.15) is 5.75 Å². The lowest BCUT2D eigenvalue weighted by molar-refractivity contribution is 0.104. The number of carbonyl (C=O) groups excluding carboxylic acids is 1. The van der Waals surface area contributed by atoms with E-state index in [1.165, 1.54) is 36.8 Å². The van der Waals surface area contributed by atoms with Gasteiger partial charge >= 0.3 is 0 Å². The summed E-state index contributed by atoms with van der Waals surface area (Å²) in [6.45, 7) is 0.760. The molecule has 0 atom stereocenters. The first-order valence-corrected chi connectivity index (χ1v) is 11.7. The van der Waals surface area contributed by atoms with Crippen LogP contribution in [0, 0.1) is 0 Å². The second-order valence-electron chi connectivity index (χ2n) is 6.19. The number of thiazole rings is 1. The minimum absolute atomic E-state index is 0.180. The quantitative estimate of drug-likeness (QED) is 0.349. The first-order valence-electron chi connectivity index (χ1n) is 9.03. The Bertz CT molecular complexity index is 1120. The number of nitrogens with zero attached hydrogens (tertiary/aromatic N) is 1. The Labute approximate surface area is 184 Å². The Kier molecular flexibility index (Phi) is 7.43. The van der Waals surface area contributed by atoms with E-state index >= 15 is 0 Å². The molecule has 0 aliphatic rings. The maximum absolute atomic E-state index is 12.5. The number of ketones is 1. The standard InChI is InChI=1S/C20H20ClN3O4S2/c1-28-14-7-9-15(10-8-14)30(26,27)24-12-4-11-22-20-23-13-18(29-20)19(25)16-5-2-3-6-17(16)21/h2-3,5-10,13,24H,4,11-12H2,1H3,(H,22,23). The van der Waals surface area contributed by atoms with Crippen LogP contribution in [0.1, 0.15) is 21.7 Å². The Morgan fingerprint density at radius 1 is 1.13 bits per heavy atom. The van der Waals surface area contributed by atoms with Gasteiger partial charge in [0.05, 0.1) is 28.1 Å². The lowest BCUT2D eigenvalue weighted by atomic mass is 10.1. The van der Waals surface area contributed by atoms with Crippen molar-refractivity contribution in [2.45, 2.75) is 11.3 Å². The molecule has 0 saturated heterocycles. The molecule has 0 fully saturated rings. The van der Waals surface area contributed by atoms with Crippen LogP contribution in [0.25, 0.3) is 0 Å². The van der Waals surface area contributed by atoms with Crippen molar-refractivity contribution in [3.8, 4) is 5.75 Å². The molecular weight excluding hydrogens is 446 g/mol. The summed E-state index contributed by atoms with van der Waals surface area (Å²) < 4.78 is 32.1. The third kappa shape index (κ3) is 5.57. The first kappa shape index (κ1) is 22.2. The molecule has 2 N–H and O–H groups in total. The van der Waals surface area contributed by atoms with Crippen molar-refractivity contribution in [2.75, 3.05) is 25.5 Å². The van der Waals surface area contributed by atoms with Crippen molar-refractivity contribution in [1.29, 1.82) is 0 Å². The van der Waals surface area contributed by atoms with Crippen LogP contribution in [0.2, 0.25) is 5.02 Å². The maximum atomic E-state index is 12.5. The molecule has 0 aliphatic carbocycles. The van der Waals surface area contributed by atoms with Crippen LogP contribution < -0.4 is 14.8 Å². The van der Waals surface area contributed by atoms with E-state index < -0.39 is 10.0 Å². The Morgan fingerprint density at radius 2 is 1.87 bits per heavy atom. The molecule has 0 bridgehead atoms. The van der Waals surface area contributed by atoms with Crippen molar-refractivity contribution in [3.63, 3.8) is 0 Å². The number of hydrogen-bond donors (Lipinski definition) is 2. The summed E-state index contributed by atoms with van der Waals surface area (Å²) in [4.78, 5) is 17.4. The van der Waals surface area contributed by atoms with Crippen LogP contribution in [0.4, 0.5) is 5.13 Å². The van der Waals surface area contributed by atoms with Crippen LogP contribution in [-0.2, 0) is 10.0 Å². The number of methoxy groups -OCH3 is 1. The zero-order valence-electron chi connectivity index (χ0n) is 16.1. The second-order valence-corrected chi connectivity index (χ2v) is 9.40. The maximum Gasteiger partial charge on any atom is 0.240 e. The average molecular weight is 466 g/mol. The number of nitrogens with one attached hydrogen (secondary N) is 2. The van der Waals surface area contributed by atoms with Gasteiger partial charge < -0.3 is 10.1 Å². The molecule has 0 unspecified atom stereocenters. The molecule has 0 radical (unpaired) electrons. The van der Waals surface area contributed by atoms with Gasteiger partial charge in [0.25, 0.3) is 0 Å². The van der Waals surface area contributed by atoms with Gasteiger partial charge in [-0.05, 0) is 42.8 Å². The highest BCUT2D eigenvalue weighted by atomic mass is 35.5. The van der Waals surface area contributed by atoms with E-state index in [1.807, 2.05) is 0 Å². The lowest BCUT2D eigenvalue weighted by Crippen LogP contribution is -2.26. The molecule has 7 nitrogen and oxygen atoms in total. The van der Waals surface area contributed by atoms with Crippen molar-refractivity contribution in [1.82, 2.24) is 9.71 Å². The minimum atomic E-state index is -3.58. The summed E-state index contributed by atoms with van der Waals surface area (Å²) in [6.07, 6.45) is 2.05. The summed E-state index contributed by atoms with van der Waals surface area (Å²) >= 11 is 7.30. The second kappa shape index (κ2) is 10.0. The largest absolute Gasteiger partial charge is 0.497 e. The van der Waals surface area contributed by atoms with Gasteiger partial charge in [0.15, 0.2) is 5.13 Å². The van der Waals surface area contributed by atoms with E-state index in [0.29, 0.717) is 39.3 Å². The molecule has 10 heteroatoms. The molecule has 158 valence electrons. The van der Waals surface area contributed by atoms with Gasteiger partial charge in [-0.2, -0.15) is 0 Å². The van der Waals surface area contributed by atoms with Gasteiger partial charge in [-0.25, -0.2) is 18.1 Å². The number of sulfonamides is 1. The van der Waals surface area contributed by atoms with Gasteiger partial charge in [-0.15, -0.1) is 0 Å². The van der Waals surface area contributed by atoms with Gasteiger partial charge in [-0.3, -0.25) is 4.79 Å². The minimum Gasteiger partial charge on any atom is -0.497 e. The fraction of sp³-hybridized carbons (Fsp3) is 0.200. The molecule has 1 aromatic heterocycles. The number of carbonyl (C=O) groups is 1. The molecule has 30 heavy (non-hydrogen) atoms. The zero-order valence-corrected chi connectivity index (χ0v) is 18.5. The number of benzene rings is 2. The molecule has 2 aromatic carbocycles. The fourth-order valence-electron chi connectivity index (χ4n) is 2.57. The SMILES string of the molecule is COc1ccc(S(=O)(=O)NCCCNc2ncc(C(=O)c3ccccc3Cl)s2)cc1. The van der Waals surface area contributed by atoms with Gasteiger partial charge in [-0.1, -0.05) is 35.1 Å². The summed E-state index contributed by atoms with van der Waals surface area (Å²) in [5, 5.41) is 4.08. The topological polar surface area (TPSA) is 97.4 Å². The van der Waals surface area contributed by atoms with Crippen molar-refractivity contribution >= 4 is 43.9 Å². The summed E-state index contributed by atoms with van der Waals surface area (Å²) in [5.41, 5.74) is 0.433. The average Bonchev–Trinajstić information content (AvgIpc) is 3.22. The van der Waals surface area contributed by atoms with Crippen molar-refractivity contribution in [3.05, 3.63) is 70.2 Å². The van der Waals surface area contributed by atoms with Crippen LogP contribution in [-0.4, -0.2) is 39.4 Å². The fourth-order valence-corrected chi connectivity index (χ4v) is 4.66. The number of ether oxygens (including phenoxy) is 1. The molecule has 0 aliphatic heterocycles. The highest BCUT2D eigenvalue weighted by Crippen LogP contribution is 2.24. The predicted octanol–water partition coefficient (Wildman–Crippen LogP) is 3.82. The van der Waals surface area contributed by atoms with Crippen LogP contribution >= 0.6 is 22.9 Å². The van der Waals surface area contributed by atoms with Crippen LogP contribution in [0.5, 0.6) is 5.75 Å². The van der Waals surface area contributed by atoms with Gasteiger partial charge in [0.2, 0.25) is 15.8 Å². The van der Waals surface area contributed by atoms with Crippen molar-refractivity contribution in [2.24, 2.45) is 0 Å². The zero-order chi connectivity index (χ0) is 21.6. The van der Waals surface area contributed by atoms with E-state index in [2.05, 4.69) is 15.0 Å². The third-order valence-corrected chi connectivity index (χ3v) is 6.90. The summed E-state index contributed by atoms with van der Waals surface area (Å²) in [5.74, 6) is 0.410. The van der Waals surface area contributed by atoms with E-state index in [4.69, 9.17) is 16.3 Å². The molecule has 3 aromatic rings. The molecule has 0 amide bonds. The van der Waals surface area contributed by atoms with E-state index in [-0.39, 0.29) is 17.2 Å². The van der Waals surface area contributed by atoms with E-state index in [1.54, 1.807) is 36.4 Å².